The van der Waals surface area contributed by atoms with Gasteiger partial charge < -0.3 is 4.74 Å². The highest BCUT2D eigenvalue weighted by Gasteiger charge is 2.49. The van der Waals surface area contributed by atoms with Gasteiger partial charge in [0.1, 0.15) is 0 Å². The van der Waals surface area contributed by atoms with Crippen LogP contribution in [0.5, 0.6) is 0 Å². The van der Waals surface area contributed by atoms with E-state index in [1.165, 1.54) is 25.7 Å². The fraction of sp³-hybridized carbons (Fsp3) is 1.00. The summed E-state index contributed by atoms with van der Waals surface area (Å²) in [5.74, 6) is 1.44. The molecule has 1 saturated heterocycles. The summed E-state index contributed by atoms with van der Waals surface area (Å²) in [5.41, 5.74) is 0.248. The molecule has 2 rings (SSSR count). The monoisotopic (exact) mass is 308 g/mol. The van der Waals surface area contributed by atoms with Gasteiger partial charge in [0, 0.05) is 3.92 Å². The molecule has 0 aromatic heterocycles. The third-order valence-electron chi connectivity index (χ3n) is 4.42. The Morgan fingerprint density at radius 2 is 1.71 bits per heavy atom. The van der Waals surface area contributed by atoms with Crippen molar-refractivity contribution >= 4 is 22.6 Å². The normalized spacial score (nSPS) is 47.1. The molecule has 0 N–H and O–H groups in total. The Hall–Kier alpha value is 0.690. The molecule has 1 aliphatic heterocycles. The summed E-state index contributed by atoms with van der Waals surface area (Å²) in [6, 6.07) is 0. The second-order valence-electron chi connectivity index (χ2n) is 5.19. The Labute approximate surface area is 101 Å². The highest BCUT2D eigenvalue weighted by atomic mass is 127. The van der Waals surface area contributed by atoms with Crippen LogP contribution in [0.3, 0.4) is 0 Å². The minimum absolute atomic E-state index is 0.248. The second-order valence-corrected chi connectivity index (χ2v) is 6.63. The lowest BCUT2D eigenvalue weighted by molar-refractivity contribution is -0.163. The molecule has 0 radical (unpaired) electrons. The fourth-order valence-electron chi connectivity index (χ4n) is 3.14. The molecule has 1 spiro atoms. The molecule has 0 aromatic rings. The second kappa shape index (κ2) is 3.93. The predicted octanol–water partition coefficient (Wildman–Crippen LogP) is 3.79. The van der Waals surface area contributed by atoms with Crippen LogP contribution in [0.15, 0.2) is 0 Å². The molecule has 1 nitrogen and oxygen atoms in total. The third-order valence-corrected chi connectivity index (χ3v) is 6.63. The average Bonchev–Trinajstić information content (AvgIpc) is 2.62. The number of hydrogen-bond donors (Lipinski definition) is 0. The van der Waals surface area contributed by atoms with E-state index in [0.717, 1.165) is 9.84 Å². The smallest absolute Gasteiger partial charge is 0.0721 e. The van der Waals surface area contributed by atoms with Gasteiger partial charge in [0.05, 0.1) is 11.7 Å². The maximum Gasteiger partial charge on any atom is 0.0721 e. The molecule has 2 aliphatic rings. The van der Waals surface area contributed by atoms with Gasteiger partial charge in [-0.25, -0.2) is 0 Å². The van der Waals surface area contributed by atoms with Crippen molar-refractivity contribution in [3.8, 4) is 0 Å². The summed E-state index contributed by atoms with van der Waals surface area (Å²) in [6.07, 6.45) is 5.78. The average molecular weight is 308 g/mol. The van der Waals surface area contributed by atoms with Gasteiger partial charge in [0.25, 0.3) is 0 Å². The summed E-state index contributed by atoms with van der Waals surface area (Å²) in [6.45, 7) is 6.98. The van der Waals surface area contributed by atoms with Crippen LogP contribution in [-0.4, -0.2) is 15.6 Å². The number of hydrogen-bond acceptors (Lipinski definition) is 1. The molecule has 0 unspecified atom stereocenters. The van der Waals surface area contributed by atoms with Gasteiger partial charge in [-0.15, -0.1) is 0 Å². The van der Waals surface area contributed by atoms with Crippen LogP contribution in [0.4, 0.5) is 0 Å². The first-order valence-electron chi connectivity index (χ1n) is 5.89. The van der Waals surface area contributed by atoms with Gasteiger partial charge >= 0.3 is 0 Å². The van der Waals surface area contributed by atoms with Crippen LogP contribution >= 0.6 is 22.6 Å². The van der Waals surface area contributed by atoms with E-state index in [9.17, 15) is 0 Å². The van der Waals surface area contributed by atoms with E-state index in [2.05, 4.69) is 43.4 Å². The molecule has 4 atom stereocenters. The van der Waals surface area contributed by atoms with Crippen LogP contribution < -0.4 is 0 Å². The van der Waals surface area contributed by atoms with Gasteiger partial charge in [-0.05, 0) is 31.6 Å². The molecule has 2 fully saturated rings. The Kier molecular flexibility index (Phi) is 3.14. The first-order valence-corrected chi connectivity index (χ1v) is 7.13. The van der Waals surface area contributed by atoms with Gasteiger partial charge in [0.15, 0.2) is 0 Å². The van der Waals surface area contributed by atoms with E-state index in [-0.39, 0.29) is 5.60 Å². The molecule has 2 heteroatoms. The van der Waals surface area contributed by atoms with Crippen molar-refractivity contribution in [3.05, 3.63) is 0 Å². The van der Waals surface area contributed by atoms with Gasteiger partial charge in [-0.2, -0.15) is 0 Å². The fourth-order valence-corrected chi connectivity index (χ4v) is 4.38. The van der Waals surface area contributed by atoms with Crippen molar-refractivity contribution in [2.24, 2.45) is 11.8 Å². The van der Waals surface area contributed by atoms with E-state index in [4.69, 9.17) is 4.74 Å². The lowest BCUT2D eigenvalue weighted by atomic mass is 9.76. The Bertz CT molecular complexity index is 210. The van der Waals surface area contributed by atoms with E-state index < -0.39 is 0 Å². The molecule has 82 valence electrons. The lowest BCUT2D eigenvalue weighted by Crippen LogP contribution is -2.52. The predicted molar refractivity (Wildman–Crippen MR) is 67.9 cm³/mol. The molecular formula is C12H21IO. The van der Waals surface area contributed by atoms with Crippen molar-refractivity contribution in [3.63, 3.8) is 0 Å². The summed E-state index contributed by atoms with van der Waals surface area (Å²) in [4.78, 5) is 0. The van der Waals surface area contributed by atoms with Crippen molar-refractivity contribution in [1.29, 1.82) is 0 Å². The maximum absolute atomic E-state index is 6.32. The van der Waals surface area contributed by atoms with E-state index in [0.29, 0.717) is 12.0 Å². The Balaban J connectivity index is 2.19. The summed E-state index contributed by atoms with van der Waals surface area (Å²) in [7, 11) is 0. The molecule has 14 heavy (non-hydrogen) atoms. The van der Waals surface area contributed by atoms with E-state index in [1.807, 2.05) is 0 Å². The molecular weight excluding hydrogens is 287 g/mol. The topological polar surface area (TPSA) is 9.23 Å². The number of alkyl halides is 1. The molecule has 1 saturated carbocycles. The Morgan fingerprint density at radius 1 is 1.14 bits per heavy atom. The first-order chi connectivity index (χ1) is 6.57. The van der Waals surface area contributed by atoms with Crippen LogP contribution in [-0.2, 0) is 4.74 Å². The quantitative estimate of drug-likeness (QED) is 0.489. The van der Waals surface area contributed by atoms with E-state index >= 15 is 0 Å². The van der Waals surface area contributed by atoms with Crippen molar-refractivity contribution in [1.82, 2.24) is 0 Å². The minimum Gasteiger partial charge on any atom is -0.371 e. The minimum atomic E-state index is 0.248. The van der Waals surface area contributed by atoms with Gasteiger partial charge in [-0.3, -0.25) is 0 Å². The third kappa shape index (κ3) is 1.62. The number of ether oxygens (including phenoxy) is 1. The van der Waals surface area contributed by atoms with Crippen LogP contribution in [0.2, 0.25) is 0 Å². The zero-order valence-electron chi connectivity index (χ0n) is 9.42. The molecule has 0 bridgehead atoms. The summed E-state index contributed by atoms with van der Waals surface area (Å²) >= 11 is 2.64. The summed E-state index contributed by atoms with van der Waals surface area (Å²) < 4.78 is 7.11. The van der Waals surface area contributed by atoms with Crippen LogP contribution in [0.25, 0.3) is 0 Å². The standard InChI is InChI=1S/C12H21IO/c1-8-10(3)14-12(6-4-5-7-12)9(2)11(8)13/h8-11H,4-7H2,1-3H3/t8-,9-,10-,11+/m1/s1. The van der Waals surface area contributed by atoms with Crippen molar-refractivity contribution in [2.75, 3.05) is 0 Å². The van der Waals surface area contributed by atoms with Crippen molar-refractivity contribution in [2.45, 2.75) is 62.1 Å². The maximum atomic E-state index is 6.32. The van der Waals surface area contributed by atoms with Crippen LogP contribution in [0.1, 0.15) is 46.5 Å². The van der Waals surface area contributed by atoms with Crippen LogP contribution in [0, 0.1) is 11.8 Å². The SMILES string of the molecule is C[C@H]1[C@H](I)[C@@H](C)C2(CCCC2)O[C@@H]1C. The number of halogens is 1. The van der Waals surface area contributed by atoms with E-state index in [1.54, 1.807) is 0 Å². The molecule has 1 aliphatic carbocycles. The number of rotatable bonds is 0. The highest BCUT2D eigenvalue weighted by molar-refractivity contribution is 14.1. The highest BCUT2D eigenvalue weighted by Crippen LogP contribution is 2.49. The molecule has 0 aromatic carbocycles. The lowest BCUT2D eigenvalue weighted by Gasteiger charge is -2.48. The first kappa shape index (κ1) is 11.2. The van der Waals surface area contributed by atoms with Crippen molar-refractivity contribution < 1.29 is 4.74 Å². The van der Waals surface area contributed by atoms with Gasteiger partial charge in [0.2, 0.25) is 0 Å². The zero-order chi connectivity index (χ0) is 10.3. The Morgan fingerprint density at radius 3 is 2.29 bits per heavy atom. The molecule has 1 heterocycles. The largest absolute Gasteiger partial charge is 0.371 e. The zero-order valence-corrected chi connectivity index (χ0v) is 11.6. The summed E-state index contributed by atoms with van der Waals surface area (Å²) in [5, 5.41) is 0. The van der Waals surface area contributed by atoms with Gasteiger partial charge in [-0.1, -0.05) is 49.3 Å². The molecule has 0 amide bonds.